The predicted molar refractivity (Wildman–Crippen MR) is 47.3 cm³/mol. The maximum absolute atomic E-state index is 11.4. The van der Waals surface area contributed by atoms with E-state index in [1.54, 1.807) is 0 Å². The van der Waals surface area contributed by atoms with Gasteiger partial charge in [0.05, 0.1) is 18.7 Å². The highest BCUT2D eigenvalue weighted by atomic mass is 16.6. The molecule has 2 saturated carbocycles. The van der Waals surface area contributed by atoms with Crippen molar-refractivity contribution in [2.24, 2.45) is 11.8 Å². The molecule has 2 bridgehead atoms. The minimum absolute atomic E-state index is 0.0749. The maximum Gasteiger partial charge on any atom is 0.410 e. The highest BCUT2D eigenvalue weighted by Gasteiger charge is 2.66. The Bertz CT molecular complexity index is 237. The summed E-state index contributed by atoms with van der Waals surface area (Å²) in [5.74, 6) is 1.61. The Morgan fingerprint density at radius 1 is 1.38 bits per heavy atom. The molecule has 3 rings (SSSR count). The van der Waals surface area contributed by atoms with E-state index in [2.05, 4.69) is 0 Å². The zero-order chi connectivity index (χ0) is 9.00. The lowest BCUT2D eigenvalue weighted by atomic mass is 10.0. The van der Waals surface area contributed by atoms with Gasteiger partial charge in [0.15, 0.2) is 0 Å². The number of hydrogen-bond acceptors (Lipinski definition) is 2. The number of fused-ring (bicyclic) bond motifs is 5. The van der Waals surface area contributed by atoms with Crippen molar-refractivity contribution in [1.29, 1.82) is 0 Å². The van der Waals surface area contributed by atoms with Crippen molar-refractivity contribution in [3.05, 3.63) is 0 Å². The van der Waals surface area contributed by atoms with Crippen molar-refractivity contribution in [2.75, 3.05) is 6.61 Å². The standard InChI is InChI=1S/C10H15NO2/c1-2-13-10(12)11-8-6-3-4-7(5-6)9(8)11/h6-9H,2-5H2,1H3/t6-,7-,8-,9+,11?/m1/s1. The molecule has 0 aromatic carbocycles. The van der Waals surface area contributed by atoms with Crippen LogP contribution >= 0.6 is 0 Å². The Hall–Kier alpha value is -0.730. The van der Waals surface area contributed by atoms with E-state index in [-0.39, 0.29) is 6.09 Å². The van der Waals surface area contributed by atoms with Gasteiger partial charge in [-0.3, -0.25) is 4.90 Å². The minimum Gasteiger partial charge on any atom is -0.450 e. The minimum atomic E-state index is -0.0749. The molecular formula is C10H15NO2. The van der Waals surface area contributed by atoms with Gasteiger partial charge < -0.3 is 4.74 Å². The monoisotopic (exact) mass is 181 g/mol. The molecule has 0 unspecified atom stereocenters. The number of likely N-dealkylation sites (tertiary alicyclic amines) is 1. The molecule has 1 amide bonds. The van der Waals surface area contributed by atoms with Crippen LogP contribution in [0.15, 0.2) is 0 Å². The lowest BCUT2D eigenvalue weighted by Gasteiger charge is -2.11. The van der Waals surface area contributed by atoms with Crippen molar-refractivity contribution in [3.63, 3.8) is 0 Å². The zero-order valence-corrected chi connectivity index (χ0v) is 7.90. The molecule has 1 aliphatic heterocycles. The number of nitrogens with zero attached hydrogens (tertiary/aromatic N) is 1. The first kappa shape index (κ1) is 7.65. The number of ether oxygens (including phenoxy) is 1. The van der Waals surface area contributed by atoms with E-state index in [9.17, 15) is 4.79 Å². The molecule has 4 atom stereocenters. The van der Waals surface area contributed by atoms with Crippen molar-refractivity contribution in [2.45, 2.75) is 38.3 Å². The second-order valence-electron chi connectivity index (χ2n) is 4.42. The van der Waals surface area contributed by atoms with Gasteiger partial charge in [-0.1, -0.05) is 0 Å². The van der Waals surface area contributed by atoms with Crippen molar-refractivity contribution in [3.8, 4) is 0 Å². The van der Waals surface area contributed by atoms with Gasteiger partial charge in [0.25, 0.3) is 0 Å². The summed E-state index contributed by atoms with van der Waals surface area (Å²) in [6.45, 7) is 2.37. The lowest BCUT2D eigenvalue weighted by molar-refractivity contribution is 0.126. The van der Waals surface area contributed by atoms with E-state index in [4.69, 9.17) is 4.74 Å². The topological polar surface area (TPSA) is 29.3 Å². The molecule has 0 aromatic heterocycles. The quantitative estimate of drug-likeness (QED) is 0.575. The molecule has 3 fully saturated rings. The lowest BCUT2D eigenvalue weighted by Crippen LogP contribution is -2.21. The highest BCUT2D eigenvalue weighted by Crippen LogP contribution is 2.58. The van der Waals surface area contributed by atoms with Crippen LogP contribution in [0, 0.1) is 11.8 Å². The SMILES string of the molecule is CCOC(=O)N1[C@@H]2[C@@H]3CC[C@H](C3)[C@@H]21. The summed E-state index contributed by atoms with van der Waals surface area (Å²) in [5.41, 5.74) is 0. The average Bonchev–Trinajstić information content (AvgIpc) is 2.57. The molecule has 3 aliphatic rings. The first-order valence-electron chi connectivity index (χ1n) is 5.28. The number of carbonyl (C=O) groups is 1. The molecule has 13 heavy (non-hydrogen) atoms. The van der Waals surface area contributed by atoms with Crippen LogP contribution in [-0.4, -0.2) is 29.7 Å². The number of piperidine rings is 1. The number of carbonyl (C=O) groups excluding carboxylic acids is 1. The van der Waals surface area contributed by atoms with Crippen molar-refractivity contribution in [1.82, 2.24) is 4.90 Å². The molecule has 72 valence electrons. The molecule has 3 nitrogen and oxygen atoms in total. The van der Waals surface area contributed by atoms with Crippen LogP contribution in [0.25, 0.3) is 0 Å². The normalized spacial score (nSPS) is 44.8. The third-order valence-electron chi connectivity index (χ3n) is 3.86. The van der Waals surface area contributed by atoms with Gasteiger partial charge in [-0.2, -0.15) is 0 Å². The van der Waals surface area contributed by atoms with Crippen LogP contribution in [-0.2, 0) is 4.74 Å². The summed E-state index contributed by atoms with van der Waals surface area (Å²) in [5, 5.41) is 0. The summed E-state index contributed by atoms with van der Waals surface area (Å²) in [6.07, 6.45) is 3.96. The van der Waals surface area contributed by atoms with Gasteiger partial charge in [0, 0.05) is 0 Å². The molecule has 3 heteroatoms. The number of rotatable bonds is 1. The largest absolute Gasteiger partial charge is 0.450 e. The van der Waals surface area contributed by atoms with Crippen LogP contribution in [0.5, 0.6) is 0 Å². The van der Waals surface area contributed by atoms with Crippen LogP contribution in [0.2, 0.25) is 0 Å². The van der Waals surface area contributed by atoms with E-state index in [0.717, 1.165) is 11.8 Å². The molecule has 2 aliphatic carbocycles. The third-order valence-corrected chi connectivity index (χ3v) is 3.86. The van der Waals surface area contributed by atoms with Gasteiger partial charge in [-0.15, -0.1) is 0 Å². The maximum atomic E-state index is 11.4. The Morgan fingerprint density at radius 2 is 2.00 bits per heavy atom. The second kappa shape index (κ2) is 2.40. The van der Waals surface area contributed by atoms with Crippen molar-refractivity contribution < 1.29 is 9.53 Å². The highest BCUT2D eigenvalue weighted by molar-refractivity contribution is 5.73. The zero-order valence-electron chi connectivity index (χ0n) is 7.90. The van der Waals surface area contributed by atoms with E-state index in [1.165, 1.54) is 19.3 Å². The van der Waals surface area contributed by atoms with E-state index < -0.39 is 0 Å². The summed E-state index contributed by atoms with van der Waals surface area (Å²) in [4.78, 5) is 13.4. The molecule has 1 saturated heterocycles. The molecule has 1 heterocycles. The van der Waals surface area contributed by atoms with Gasteiger partial charge in [0.1, 0.15) is 0 Å². The van der Waals surface area contributed by atoms with E-state index in [1.807, 2.05) is 11.8 Å². The second-order valence-corrected chi connectivity index (χ2v) is 4.42. The molecule has 0 radical (unpaired) electrons. The molecule has 0 N–H and O–H groups in total. The van der Waals surface area contributed by atoms with E-state index in [0.29, 0.717) is 18.7 Å². The fraction of sp³-hybridized carbons (Fsp3) is 0.900. The predicted octanol–water partition coefficient (Wildman–Crippen LogP) is 1.63. The smallest absolute Gasteiger partial charge is 0.410 e. The van der Waals surface area contributed by atoms with Gasteiger partial charge in [0.2, 0.25) is 0 Å². The van der Waals surface area contributed by atoms with Gasteiger partial charge in [-0.05, 0) is 38.0 Å². The Balaban J connectivity index is 1.69. The Morgan fingerprint density at radius 3 is 2.54 bits per heavy atom. The summed E-state index contributed by atoms with van der Waals surface area (Å²) in [6, 6.07) is 1.13. The van der Waals surface area contributed by atoms with Crippen molar-refractivity contribution >= 4 is 6.09 Å². The van der Waals surface area contributed by atoms with E-state index >= 15 is 0 Å². The van der Waals surface area contributed by atoms with Gasteiger partial charge in [-0.25, -0.2) is 4.79 Å². The number of hydrogen-bond donors (Lipinski definition) is 0. The van der Waals surface area contributed by atoms with Crippen LogP contribution in [0.1, 0.15) is 26.2 Å². The summed E-state index contributed by atoms with van der Waals surface area (Å²) in [7, 11) is 0. The first-order chi connectivity index (χ1) is 6.33. The van der Waals surface area contributed by atoms with Crippen LogP contribution in [0.3, 0.4) is 0 Å². The van der Waals surface area contributed by atoms with Crippen LogP contribution < -0.4 is 0 Å². The first-order valence-corrected chi connectivity index (χ1v) is 5.28. The molecule has 0 aromatic rings. The van der Waals surface area contributed by atoms with Crippen LogP contribution in [0.4, 0.5) is 4.79 Å². The summed E-state index contributed by atoms with van der Waals surface area (Å²) >= 11 is 0. The fourth-order valence-electron chi connectivity index (χ4n) is 3.39. The average molecular weight is 181 g/mol. The summed E-state index contributed by atoms with van der Waals surface area (Å²) < 4.78 is 5.01. The van der Waals surface area contributed by atoms with Gasteiger partial charge >= 0.3 is 6.09 Å². The Labute approximate surface area is 78.0 Å². The number of amides is 1. The fourth-order valence-corrected chi connectivity index (χ4v) is 3.39. The Kier molecular flexibility index (Phi) is 1.41. The molecular weight excluding hydrogens is 166 g/mol. The third kappa shape index (κ3) is 0.875. The molecule has 0 spiro atoms.